The number of nitrogens with zero attached hydrogens (tertiary/aromatic N) is 4. The first kappa shape index (κ1) is 27.2. The largest absolute Gasteiger partial charge is 0.496 e. The molecule has 7 nitrogen and oxygen atoms in total. The van der Waals surface area contributed by atoms with Gasteiger partial charge in [0.15, 0.2) is 0 Å². The molecule has 0 saturated carbocycles. The van der Waals surface area contributed by atoms with E-state index in [1.807, 2.05) is 11.1 Å². The summed E-state index contributed by atoms with van der Waals surface area (Å²) < 4.78 is 12.8. The Morgan fingerprint density at radius 3 is 2.14 bits per heavy atom. The third-order valence-corrected chi connectivity index (χ3v) is 8.28. The van der Waals surface area contributed by atoms with E-state index in [2.05, 4.69) is 58.7 Å². The highest BCUT2D eigenvalue weighted by Crippen LogP contribution is 2.44. The number of likely N-dealkylation sites (tertiary alicyclic amines) is 1. The van der Waals surface area contributed by atoms with Crippen LogP contribution in [0, 0.1) is 0 Å². The van der Waals surface area contributed by atoms with E-state index in [4.69, 9.17) is 14.5 Å². The number of benzene rings is 1. The van der Waals surface area contributed by atoms with E-state index in [1.165, 1.54) is 16.0 Å². The molecule has 0 atom stereocenters. The van der Waals surface area contributed by atoms with Crippen molar-refractivity contribution in [1.82, 2.24) is 19.4 Å². The second-order valence-electron chi connectivity index (χ2n) is 11.9. The minimum Gasteiger partial charge on any atom is -0.496 e. The molecular weight excluding hydrogens is 484 g/mol. The second-order valence-corrected chi connectivity index (χ2v) is 13.0. The summed E-state index contributed by atoms with van der Waals surface area (Å²) >= 11 is 1.78. The number of aromatic nitrogens is 3. The number of carbonyl (C=O) groups is 1. The van der Waals surface area contributed by atoms with Crippen molar-refractivity contribution in [2.75, 3.05) is 27.3 Å². The van der Waals surface area contributed by atoms with Gasteiger partial charge in [-0.3, -0.25) is 4.79 Å². The van der Waals surface area contributed by atoms with Crippen LogP contribution in [0.5, 0.6) is 11.6 Å². The van der Waals surface area contributed by atoms with Gasteiger partial charge in [0.2, 0.25) is 11.8 Å². The number of imidazole rings is 1. The van der Waals surface area contributed by atoms with Crippen molar-refractivity contribution in [2.45, 2.75) is 77.7 Å². The summed E-state index contributed by atoms with van der Waals surface area (Å²) in [5.74, 6) is 2.04. The number of rotatable bonds is 6. The van der Waals surface area contributed by atoms with Gasteiger partial charge in [-0.2, -0.15) is 0 Å². The van der Waals surface area contributed by atoms with Gasteiger partial charge in [-0.15, -0.1) is 11.3 Å². The molecule has 37 heavy (non-hydrogen) atoms. The summed E-state index contributed by atoms with van der Waals surface area (Å²) in [7, 11) is 3.34. The van der Waals surface area contributed by atoms with Gasteiger partial charge in [-0.1, -0.05) is 41.5 Å². The van der Waals surface area contributed by atoms with Crippen molar-refractivity contribution in [2.24, 2.45) is 0 Å². The van der Waals surface area contributed by atoms with Crippen molar-refractivity contribution in [1.29, 1.82) is 0 Å². The monoisotopic (exact) mass is 524 g/mol. The third-order valence-electron chi connectivity index (χ3n) is 7.07. The van der Waals surface area contributed by atoms with Gasteiger partial charge in [0.1, 0.15) is 17.3 Å². The zero-order chi connectivity index (χ0) is 27.0. The predicted octanol–water partition coefficient (Wildman–Crippen LogP) is 6.03. The summed E-state index contributed by atoms with van der Waals surface area (Å²) in [6.45, 7) is 15.2. The fourth-order valence-corrected chi connectivity index (χ4v) is 5.97. The number of methoxy groups -OCH3 is 2. The lowest BCUT2D eigenvalue weighted by Gasteiger charge is -2.31. The predicted molar refractivity (Wildman–Crippen MR) is 149 cm³/mol. The molecule has 1 amide bonds. The number of carbonyl (C=O) groups excluding carboxylic acids is 1. The Kier molecular flexibility index (Phi) is 7.70. The highest BCUT2D eigenvalue weighted by atomic mass is 32.1. The third kappa shape index (κ3) is 6.00. The van der Waals surface area contributed by atoms with E-state index in [9.17, 15) is 4.79 Å². The molecule has 0 N–H and O–H groups in total. The van der Waals surface area contributed by atoms with E-state index in [0.717, 1.165) is 42.3 Å². The van der Waals surface area contributed by atoms with Crippen LogP contribution in [0.3, 0.4) is 0 Å². The first-order valence-electron chi connectivity index (χ1n) is 12.9. The van der Waals surface area contributed by atoms with E-state index in [-0.39, 0.29) is 23.3 Å². The average Bonchev–Trinajstić information content (AvgIpc) is 3.52. The standard InChI is InChI=1S/C29H40N4O3S/c1-28(2,3)21-13-20(14-22(26(21)36-8)29(4,5)6)27-30-15-23(37-27)19-9-11-33(12-10-19)25(34)17-32-16-24(35-7)31-18-32/h13-16,18-19H,9-12,17H2,1-8H3. The van der Waals surface area contributed by atoms with Crippen LogP contribution < -0.4 is 9.47 Å². The number of thiazole rings is 1. The highest BCUT2D eigenvalue weighted by Gasteiger charge is 2.29. The van der Waals surface area contributed by atoms with Crippen LogP contribution in [-0.4, -0.2) is 52.7 Å². The minimum atomic E-state index is -0.0529. The lowest BCUT2D eigenvalue weighted by Crippen LogP contribution is -2.39. The summed E-state index contributed by atoms with van der Waals surface area (Å²) in [6, 6.07) is 4.51. The molecule has 1 aliphatic heterocycles. The quantitative estimate of drug-likeness (QED) is 0.394. The Morgan fingerprint density at radius 2 is 1.62 bits per heavy atom. The molecule has 1 aromatic carbocycles. The maximum Gasteiger partial charge on any atom is 0.242 e. The van der Waals surface area contributed by atoms with Gasteiger partial charge in [-0.25, -0.2) is 9.97 Å². The molecular formula is C29H40N4O3S. The zero-order valence-corrected chi connectivity index (χ0v) is 24.2. The molecule has 0 aliphatic carbocycles. The smallest absolute Gasteiger partial charge is 0.242 e. The topological polar surface area (TPSA) is 69.5 Å². The second kappa shape index (κ2) is 10.5. The van der Waals surface area contributed by atoms with Crippen LogP contribution in [0.15, 0.2) is 30.9 Å². The first-order chi connectivity index (χ1) is 17.4. The van der Waals surface area contributed by atoms with Crippen molar-refractivity contribution in [3.8, 4) is 22.2 Å². The lowest BCUT2D eigenvalue weighted by molar-refractivity contribution is -0.132. The highest BCUT2D eigenvalue weighted by molar-refractivity contribution is 7.15. The molecule has 0 bridgehead atoms. The molecule has 0 radical (unpaired) electrons. The molecule has 0 spiro atoms. The zero-order valence-electron chi connectivity index (χ0n) is 23.4. The number of ether oxygens (including phenoxy) is 2. The van der Waals surface area contributed by atoms with E-state index >= 15 is 0 Å². The van der Waals surface area contributed by atoms with E-state index < -0.39 is 0 Å². The van der Waals surface area contributed by atoms with Crippen LogP contribution in [0.2, 0.25) is 0 Å². The Hall–Kier alpha value is -2.87. The number of amides is 1. The van der Waals surface area contributed by atoms with Crippen LogP contribution >= 0.6 is 11.3 Å². The van der Waals surface area contributed by atoms with Gasteiger partial charge in [0, 0.05) is 40.9 Å². The molecule has 2 aromatic heterocycles. The summed E-state index contributed by atoms with van der Waals surface area (Å²) in [5.41, 5.74) is 3.45. The first-order valence-corrected chi connectivity index (χ1v) is 13.7. The minimum absolute atomic E-state index is 0.0529. The molecule has 0 unspecified atom stereocenters. The molecule has 200 valence electrons. The summed E-state index contributed by atoms with van der Waals surface area (Å²) in [5, 5.41) is 1.04. The van der Waals surface area contributed by atoms with Crippen molar-refractivity contribution in [3.05, 3.63) is 46.9 Å². The van der Waals surface area contributed by atoms with Crippen LogP contribution in [0.4, 0.5) is 0 Å². The Labute approximate surface area is 224 Å². The molecule has 3 aromatic rings. The maximum atomic E-state index is 12.8. The van der Waals surface area contributed by atoms with E-state index in [0.29, 0.717) is 11.8 Å². The van der Waals surface area contributed by atoms with Crippen LogP contribution in [-0.2, 0) is 22.2 Å². The molecule has 8 heteroatoms. The SMILES string of the molecule is COc1cn(CC(=O)N2CCC(c3cnc(-c4cc(C(C)(C)C)c(OC)c(C(C)(C)C)c4)s3)CC2)cn1. The number of piperidine rings is 1. The Balaban J connectivity index is 1.49. The van der Waals surface area contributed by atoms with Crippen LogP contribution in [0.1, 0.15) is 76.3 Å². The van der Waals surface area contributed by atoms with E-state index in [1.54, 1.807) is 42.6 Å². The van der Waals surface area contributed by atoms with Gasteiger partial charge < -0.3 is 18.9 Å². The van der Waals surface area contributed by atoms with Gasteiger partial charge >= 0.3 is 0 Å². The fraction of sp³-hybridized carbons (Fsp3) is 0.552. The number of hydrogen-bond donors (Lipinski definition) is 0. The van der Waals surface area contributed by atoms with Crippen molar-refractivity contribution in [3.63, 3.8) is 0 Å². The lowest BCUT2D eigenvalue weighted by atomic mass is 9.78. The average molecular weight is 525 g/mol. The molecule has 4 rings (SSSR count). The van der Waals surface area contributed by atoms with Gasteiger partial charge in [-0.05, 0) is 41.7 Å². The summed E-state index contributed by atoms with van der Waals surface area (Å²) in [6.07, 6.45) is 7.32. The normalized spacial score (nSPS) is 15.2. The molecule has 1 fully saturated rings. The van der Waals surface area contributed by atoms with Gasteiger partial charge in [0.05, 0.1) is 26.7 Å². The summed E-state index contributed by atoms with van der Waals surface area (Å²) in [4.78, 5) is 25.0. The van der Waals surface area contributed by atoms with Crippen LogP contribution in [0.25, 0.3) is 10.6 Å². The maximum absolute atomic E-state index is 12.8. The van der Waals surface area contributed by atoms with Gasteiger partial charge in [0.25, 0.3) is 0 Å². The molecule has 1 saturated heterocycles. The molecule has 3 heterocycles. The Morgan fingerprint density at radius 1 is 1.00 bits per heavy atom. The van der Waals surface area contributed by atoms with Crippen molar-refractivity contribution >= 4 is 17.2 Å². The fourth-order valence-electron chi connectivity index (χ4n) is 4.90. The van der Waals surface area contributed by atoms with Crippen molar-refractivity contribution < 1.29 is 14.3 Å². The molecule has 1 aliphatic rings. The number of hydrogen-bond acceptors (Lipinski definition) is 6. The Bertz CT molecular complexity index is 1210.